The highest BCUT2D eigenvalue weighted by atomic mass is 32.1. The summed E-state index contributed by atoms with van der Waals surface area (Å²) in [5, 5.41) is 7.14. The number of aromatic nitrogens is 3. The summed E-state index contributed by atoms with van der Waals surface area (Å²) in [6.45, 7) is 6.86. The van der Waals surface area contributed by atoms with E-state index in [1.54, 1.807) is 11.3 Å². The summed E-state index contributed by atoms with van der Waals surface area (Å²) in [6.07, 6.45) is 3.12. The largest absolute Gasteiger partial charge is 0.339 e. The van der Waals surface area contributed by atoms with Crippen molar-refractivity contribution in [3.8, 4) is 0 Å². The van der Waals surface area contributed by atoms with E-state index < -0.39 is 0 Å². The maximum absolute atomic E-state index is 12.6. The number of aryl methyl sites for hydroxylation is 1. The second-order valence-electron chi connectivity index (χ2n) is 6.15. The Morgan fingerprint density at radius 2 is 2.30 bits per heavy atom. The molecule has 124 valence electrons. The van der Waals surface area contributed by atoms with E-state index in [9.17, 15) is 4.79 Å². The van der Waals surface area contributed by atoms with Gasteiger partial charge < -0.3 is 9.42 Å². The number of thiazole rings is 1. The van der Waals surface area contributed by atoms with Crippen LogP contribution < -0.4 is 0 Å². The van der Waals surface area contributed by atoms with Gasteiger partial charge in [0.1, 0.15) is 0 Å². The fourth-order valence-electron chi connectivity index (χ4n) is 2.80. The molecule has 6 nitrogen and oxygen atoms in total. The monoisotopic (exact) mass is 334 g/mol. The maximum Gasteiger partial charge on any atom is 0.229 e. The van der Waals surface area contributed by atoms with Crippen LogP contribution in [-0.2, 0) is 17.6 Å². The van der Waals surface area contributed by atoms with Gasteiger partial charge in [0, 0.05) is 17.8 Å². The molecule has 23 heavy (non-hydrogen) atoms. The van der Waals surface area contributed by atoms with Gasteiger partial charge >= 0.3 is 0 Å². The summed E-state index contributed by atoms with van der Waals surface area (Å²) in [5.41, 5.74) is 0.860. The van der Waals surface area contributed by atoms with Gasteiger partial charge in [-0.2, -0.15) is 4.98 Å². The topological polar surface area (TPSA) is 72.1 Å². The fourth-order valence-corrected chi connectivity index (χ4v) is 3.54. The molecule has 0 radical (unpaired) electrons. The molecule has 0 spiro atoms. The number of carbonyl (C=O) groups excluding carboxylic acids is 1. The van der Waals surface area contributed by atoms with Crippen LogP contribution in [0.1, 0.15) is 68.0 Å². The van der Waals surface area contributed by atoms with Crippen LogP contribution in [-0.4, -0.2) is 32.5 Å². The van der Waals surface area contributed by atoms with E-state index in [-0.39, 0.29) is 17.9 Å². The van der Waals surface area contributed by atoms with E-state index >= 15 is 0 Å². The lowest BCUT2D eigenvalue weighted by atomic mass is 10.2. The van der Waals surface area contributed by atoms with Gasteiger partial charge in [-0.15, -0.1) is 11.3 Å². The van der Waals surface area contributed by atoms with Crippen molar-refractivity contribution < 1.29 is 9.32 Å². The molecule has 1 aliphatic rings. The lowest BCUT2D eigenvalue weighted by Crippen LogP contribution is -2.32. The number of nitrogens with zero attached hydrogens (tertiary/aromatic N) is 4. The van der Waals surface area contributed by atoms with Crippen LogP contribution in [0, 0.1) is 0 Å². The molecule has 0 aromatic carbocycles. The van der Waals surface area contributed by atoms with Crippen molar-refractivity contribution in [3.05, 3.63) is 27.8 Å². The second-order valence-corrected chi connectivity index (χ2v) is 7.10. The molecule has 0 bridgehead atoms. The standard InChI is InChI=1S/C16H22N4O2S/c1-4-13-17-11(9-23-13)8-14(21)20-7-5-6-12(20)15-18-16(10(2)3)22-19-15/h9-10,12H,4-8H2,1-3H3. The van der Waals surface area contributed by atoms with Crippen molar-refractivity contribution in [2.45, 2.75) is 58.4 Å². The van der Waals surface area contributed by atoms with E-state index in [0.717, 1.165) is 36.5 Å². The van der Waals surface area contributed by atoms with Crippen LogP contribution in [0.25, 0.3) is 0 Å². The first-order chi connectivity index (χ1) is 11.1. The number of hydrogen-bond donors (Lipinski definition) is 0. The third-order valence-electron chi connectivity index (χ3n) is 4.06. The molecule has 2 aromatic heterocycles. The van der Waals surface area contributed by atoms with Crippen molar-refractivity contribution in [1.29, 1.82) is 0 Å². The smallest absolute Gasteiger partial charge is 0.229 e. The number of rotatable bonds is 5. The van der Waals surface area contributed by atoms with E-state index in [1.807, 2.05) is 24.1 Å². The first-order valence-corrected chi connectivity index (χ1v) is 9.02. The van der Waals surface area contributed by atoms with Crippen LogP contribution in [0.5, 0.6) is 0 Å². The van der Waals surface area contributed by atoms with Crippen molar-refractivity contribution in [3.63, 3.8) is 0 Å². The summed E-state index contributed by atoms with van der Waals surface area (Å²) in [6, 6.07) is -0.0666. The molecule has 1 atom stereocenters. The van der Waals surface area contributed by atoms with Gasteiger partial charge in [0.2, 0.25) is 11.8 Å². The molecule has 2 aromatic rings. The van der Waals surface area contributed by atoms with Gasteiger partial charge in [0.15, 0.2) is 5.82 Å². The summed E-state index contributed by atoms with van der Waals surface area (Å²) in [4.78, 5) is 23.5. The van der Waals surface area contributed by atoms with Crippen LogP contribution in [0.15, 0.2) is 9.90 Å². The Morgan fingerprint density at radius 1 is 1.48 bits per heavy atom. The predicted octanol–water partition coefficient (Wildman–Crippen LogP) is 3.12. The van der Waals surface area contributed by atoms with Crippen LogP contribution >= 0.6 is 11.3 Å². The Kier molecular flexibility index (Phi) is 4.75. The first-order valence-electron chi connectivity index (χ1n) is 8.14. The number of hydrogen-bond acceptors (Lipinski definition) is 6. The number of amides is 1. The number of likely N-dealkylation sites (tertiary alicyclic amines) is 1. The van der Waals surface area contributed by atoms with E-state index in [4.69, 9.17) is 4.52 Å². The first kappa shape index (κ1) is 16.1. The normalized spacial score (nSPS) is 18.1. The summed E-state index contributed by atoms with van der Waals surface area (Å²) >= 11 is 1.62. The molecule has 1 aliphatic heterocycles. The van der Waals surface area contributed by atoms with Gasteiger partial charge in [-0.1, -0.05) is 25.9 Å². The van der Waals surface area contributed by atoms with Crippen molar-refractivity contribution in [1.82, 2.24) is 20.0 Å². The molecule has 1 fully saturated rings. The minimum absolute atomic E-state index is 0.0666. The summed E-state index contributed by atoms with van der Waals surface area (Å²) in [7, 11) is 0. The lowest BCUT2D eigenvalue weighted by molar-refractivity contribution is -0.131. The zero-order valence-corrected chi connectivity index (χ0v) is 14.6. The Labute approximate surface area is 139 Å². The highest BCUT2D eigenvalue weighted by molar-refractivity contribution is 7.09. The molecule has 0 N–H and O–H groups in total. The van der Waals surface area contributed by atoms with Crippen molar-refractivity contribution >= 4 is 17.2 Å². The zero-order valence-electron chi connectivity index (χ0n) is 13.8. The van der Waals surface area contributed by atoms with Crippen LogP contribution in [0.2, 0.25) is 0 Å². The Bertz CT molecular complexity index is 679. The van der Waals surface area contributed by atoms with Gasteiger partial charge in [0.25, 0.3) is 0 Å². The quantitative estimate of drug-likeness (QED) is 0.840. The molecular weight excluding hydrogens is 312 g/mol. The van der Waals surface area contributed by atoms with Gasteiger partial charge in [-0.3, -0.25) is 4.79 Å². The maximum atomic E-state index is 12.6. The highest BCUT2D eigenvalue weighted by Crippen LogP contribution is 2.31. The van der Waals surface area contributed by atoms with E-state index in [1.165, 1.54) is 0 Å². The molecule has 1 unspecified atom stereocenters. The molecule has 1 amide bonds. The van der Waals surface area contributed by atoms with Crippen molar-refractivity contribution in [2.24, 2.45) is 0 Å². The minimum atomic E-state index is -0.0666. The third-order valence-corrected chi connectivity index (χ3v) is 5.10. The minimum Gasteiger partial charge on any atom is -0.339 e. The van der Waals surface area contributed by atoms with Crippen LogP contribution in [0.3, 0.4) is 0 Å². The van der Waals surface area contributed by atoms with Gasteiger partial charge in [-0.05, 0) is 19.3 Å². The van der Waals surface area contributed by atoms with Crippen molar-refractivity contribution in [2.75, 3.05) is 6.54 Å². The molecule has 3 rings (SSSR count). The Morgan fingerprint density at radius 3 is 2.96 bits per heavy atom. The molecule has 7 heteroatoms. The Hall–Kier alpha value is -1.76. The average Bonchev–Trinajstić information content (AvgIpc) is 3.26. The molecule has 0 saturated carbocycles. The summed E-state index contributed by atoms with van der Waals surface area (Å²) < 4.78 is 5.29. The van der Waals surface area contributed by atoms with Gasteiger partial charge in [0.05, 0.1) is 23.2 Å². The SMILES string of the molecule is CCc1nc(CC(=O)N2CCCC2c2noc(C(C)C)n2)cs1. The second kappa shape index (κ2) is 6.78. The molecule has 0 aliphatic carbocycles. The lowest BCUT2D eigenvalue weighted by Gasteiger charge is -2.21. The molecule has 3 heterocycles. The van der Waals surface area contributed by atoms with E-state index in [2.05, 4.69) is 22.0 Å². The average molecular weight is 334 g/mol. The van der Waals surface area contributed by atoms with E-state index in [0.29, 0.717) is 18.1 Å². The Balaban J connectivity index is 1.71. The van der Waals surface area contributed by atoms with Gasteiger partial charge in [-0.25, -0.2) is 4.98 Å². The molecular formula is C16H22N4O2S. The van der Waals surface area contributed by atoms with Crippen LogP contribution in [0.4, 0.5) is 0 Å². The molecule has 1 saturated heterocycles. The number of carbonyl (C=O) groups is 1. The highest BCUT2D eigenvalue weighted by Gasteiger charge is 2.33. The predicted molar refractivity (Wildman–Crippen MR) is 87.3 cm³/mol. The third kappa shape index (κ3) is 3.44. The summed E-state index contributed by atoms with van der Waals surface area (Å²) in [5.74, 6) is 1.55. The fraction of sp³-hybridized carbons (Fsp3) is 0.625. The zero-order chi connectivity index (χ0) is 16.4.